The van der Waals surface area contributed by atoms with Crippen molar-refractivity contribution in [1.29, 1.82) is 0 Å². The van der Waals surface area contributed by atoms with E-state index in [4.69, 9.17) is 4.74 Å². The molecule has 1 unspecified atom stereocenters. The Balaban J connectivity index is 2.15. The van der Waals surface area contributed by atoms with Gasteiger partial charge in [-0.3, -0.25) is 4.79 Å². The number of rotatable bonds is 6. The van der Waals surface area contributed by atoms with E-state index in [2.05, 4.69) is 10.6 Å². The average Bonchev–Trinajstić information content (AvgIpc) is 2.34. The molecule has 1 aromatic rings. The van der Waals surface area contributed by atoms with Gasteiger partial charge in [-0.15, -0.1) is 0 Å². The second-order valence-electron chi connectivity index (χ2n) is 3.46. The van der Waals surface area contributed by atoms with Gasteiger partial charge in [-0.1, -0.05) is 18.2 Å². The van der Waals surface area contributed by atoms with Crippen LogP contribution in [0.4, 0.5) is 0 Å². The summed E-state index contributed by atoms with van der Waals surface area (Å²) in [5, 5.41) is 5.65. The van der Waals surface area contributed by atoms with Crippen LogP contribution in [0.5, 0.6) is 5.75 Å². The van der Waals surface area contributed by atoms with Gasteiger partial charge >= 0.3 is 0 Å². The summed E-state index contributed by atoms with van der Waals surface area (Å²) in [6.45, 7) is 2.80. The molecule has 0 fully saturated rings. The van der Waals surface area contributed by atoms with Gasteiger partial charge in [0, 0.05) is 0 Å². The van der Waals surface area contributed by atoms with Crippen LogP contribution < -0.4 is 15.4 Å². The second-order valence-corrected chi connectivity index (χ2v) is 3.46. The molecule has 0 spiro atoms. The van der Waals surface area contributed by atoms with Gasteiger partial charge < -0.3 is 15.4 Å². The van der Waals surface area contributed by atoms with E-state index >= 15 is 0 Å². The van der Waals surface area contributed by atoms with E-state index < -0.39 is 0 Å². The summed E-state index contributed by atoms with van der Waals surface area (Å²) in [6, 6.07) is 9.37. The van der Waals surface area contributed by atoms with Crippen molar-refractivity contribution in [1.82, 2.24) is 10.6 Å². The number of para-hydroxylation sites is 1. The molecule has 1 atom stereocenters. The summed E-state index contributed by atoms with van der Waals surface area (Å²) in [7, 11) is 1.75. The zero-order valence-electron chi connectivity index (χ0n) is 9.69. The van der Waals surface area contributed by atoms with Gasteiger partial charge in [-0.05, 0) is 26.1 Å². The van der Waals surface area contributed by atoms with Crippen molar-refractivity contribution in [2.24, 2.45) is 0 Å². The van der Waals surface area contributed by atoms with Crippen molar-refractivity contribution < 1.29 is 9.53 Å². The van der Waals surface area contributed by atoms with E-state index in [-0.39, 0.29) is 11.9 Å². The van der Waals surface area contributed by atoms with Crippen LogP contribution >= 0.6 is 0 Å². The van der Waals surface area contributed by atoms with Crippen molar-refractivity contribution in [2.45, 2.75) is 13.0 Å². The monoisotopic (exact) mass is 222 g/mol. The Morgan fingerprint density at radius 3 is 2.69 bits per heavy atom. The van der Waals surface area contributed by atoms with Crippen LogP contribution in [-0.4, -0.2) is 32.1 Å². The molecule has 4 nitrogen and oxygen atoms in total. The molecule has 0 heterocycles. The highest BCUT2D eigenvalue weighted by Crippen LogP contribution is 2.07. The number of likely N-dealkylation sites (N-methyl/N-ethyl adjacent to an activating group) is 1. The summed E-state index contributed by atoms with van der Waals surface area (Å²) in [5.41, 5.74) is 0. The number of carbonyl (C=O) groups excluding carboxylic acids is 1. The lowest BCUT2D eigenvalue weighted by atomic mass is 10.3. The van der Waals surface area contributed by atoms with E-state index in [1.807, 2.05) is 37.3 Å². The van der Waals surface area contributed by atoms with Crippen LogP contribution in [0.25, 0.3) is 0 Å². The number of hydrogen-bond donors (Lipinski definition) is 2. The fourth-order valence-corrected chi connectivity index (χ4v) is 1.14. The lowest BCUT2D eigenvalue weighted by molar-refractivity contribution is -0.122. The average molecular weight is 222 g/mol. The third kappa shape index (κ3) is 4.31. The Morgan fingerprint density at radius 1 is 1.38 bits per heavy atom. The van der Waals surface area contributed by atoms with Crippen LogP contribution in [0, 0.1) is 0 Å². The largest absolute Gasteiger partial charge is 0.492 e. The molecule has 0 saturated carbocycles. The molecular formula is C12H18N2O2. The normalized spacial score (nSPS) is 11.9. The summed E-state index contributed by atoms with van der Waals surface area (Å²) in [4.78, 5) is 11.4. The summed E-state index contributed by atoms with van der Waals surface area (Å²) in [5.74, 6) is 0.803. The molecule has 0 aromatic heterocycles. The summed E-state index contributed by atoms with van der Waals surface area (Å²) < 4.78 is 5.43. The standard InChI is InChI=1S/C12H18N2O2/c1-10(13-2)12(15)14-8-9-16-11-6-4-3-5-7-11/h3-7,10,13H,8-9H2,1-2H3,(H,14,15). The highest BCUT2D eigenvalue weighted by Gasteiger charge is 2.08. The van der Waals surface area contributed by atoms with Crippen molar-refractivity contribution in [3.8, 4) is 5.75 Å². The summed E-state index contributed by atoms with van der Waals surface area (Å²) >= 11 is 0. The molecule has 1 rings (SSSR count). The molecule has 0 aliphatic carbocycles. The highest BCUT2D eigenvalue weighted by atomic mass is 16.5. The lowest BCUT2D eigenvalue weighted by Crippen LogP contribution is -2.41. The fourth-order valence-electron chi connectivity index (χ4n) is 1.14. The van der Waals surface area contributed by atoms with Gasteiger partial charge in [0.1, 0.15) is 12.4 Å². The minimum atomic E-state index is -0.170. The smallest absolute Gasteiger partial charge is 0.236 e. The van der Waals surface area contributed by atoms with Crippen LogP contribution in [0.1, 0.15) is 6.92 Å². The van der Waals surface area contributed by atoms with E-state index in [1.54, 1.807) is 7.05 Å². The Kier molecular flexibility index (Phi) is 5.36. The molecule has 0 radical (unpaired) electrons. The zero-order chi connectivity index (χ0) is 11.8. The molecule has 88 valence electrons. The third-order valence-corrected chi connectivity index (χ3v) is 2.24. The number of carbonyl (C=O) groups is 1. The maximum Gasteiger partial charge on any atom is 0.236 e. The van der Waals surface area contributed by atoms with Crippen molar-refractivity contribution in [3.05, 3.63) is 30.3 Å². The predicted molar refractivity (Wildman–Crippen MR) is 63.5 cm³/mol. The molecule has 1 aromatic carbocycles. The molecule has 2 N–H and O–H groups in total. The number of ether oxygens (including phenoxy) is 1. The first-order valence-electron chi connectivity index (χ1n) is 5.37. The van der Waals surface area contributed by atoms with Crippen LogP contribution in [0.3, 0.4) is 0 Å². The highest BCUT2D eigenvalue weighted by molar-refractivity contribution is 5.81. The first-order chi connectivity index (χ1) is 7.74. The Morgan fingerprint density at radius 2 is 2.06 bits per heavy atom. The van der Waals surface area contributed by atoms with E-state index in [9.17, 15) is 4.79 Å². The molecule has 0 aliphatic rings. The van der Waals surface area contributed by atoms with E-state index in [0.717, 1.165) is 5.75 Å². The van der Waals surface area contributed by atoms with Gasteiger partial charge in [0.25, 0.3) is 0 Å². The molecule has 4 heteroatoms. The molecule has 1 amide bonds. The quantitative estimate of drug-likeness (QED) is 0.700. The Hall–Kier alpha value is -1.55. The minimum Gasteiger partial charge on any atom is -0.492 e. The molecule has 16 heavy (non-hydrogen) atoms. The minimum absolute atomic E-state index is 0.0147. The van der Waals surface area contributed by atoms with Crippen LogP contribution in [0.15, 0.2) is 30.3 Å². The maximum absolute atomic E-state index is 11.4. The number of nitrogens with one attached hydrogen (secondary N) is 2. The fraction of sp³-hybridized carbons (Fsp3) is 0.417. The first-order valence-corrected chi connectivity index (χ1v) is 5.37. The van der Waals surface area contributed by atoms with Crippen LogP contribution in [-0.2, 0) is 4.79 Å². The first kappa shape index (κ1) is 12.5. The zero-order valence-corrected chi connectivity index (χ0v) is 9.69. The Bertz CT molecular complexity index is 314. The lowest BCUT2D eigenvalue weighted by Gasteiger charge is -2.11. The van der Waals surface area contributed by atoms with E-state index in [0.29, 0.717) is 13.2 Å². The van der Waals surface area contributed by atoms with Gasteiger partial charge in [0.05, 0.1) is 12.6 Å². The van der Waals surface area contributed by atoms with Crippen molar-refractivity contribution in [2.75, 3.05) is 20.2 Å². The van der Waals surface area contributed by atoms with Gasteiger partial charge in [-0.25, -0.2) is 0 Å². The molecule has 0 bridgehead atoms. The predicted octanol–water partition coefficient (Wildman–Crippen LogP) is 0.789. The van der Waals surface area contributed by atoms with Crippen LogP contribution in [0.2, 0.25) is 0 Å². The maximum atomic E-state index is 11.4. The molecule has 0 saturated heterocycles. The van der Waals surface area contributed by atoms with Crippen molar-refractivity contribution in [3.63, 3.8) is 0 Å². The topological polar surface area (TPSA) is 50.4 Å². The number of benzene rings is 1. The second kappa shape index (κ2) is 6.85. The van der Waals surface area contributed by atoms with Crippen molar-refractivity contribution >= 4 is 5.91 Å². The van der Waals surface area contributed by atoms with Gasteiger partial charge in [-0.2, -0.15) is 0 Å². The number of hydrogen-bond acceptors (Lipinski definition) is 3. The molecular weight excluding hydrogens is 204 g/mol. The molecule has 0 aliphatic heterocycles. The summed E-state index contributed by atoms with van der Waals surface area (Å²) in [6.07, 6.45) is 0. The third-order valence-electron chi connectivity index (χ3n) is 2.24. The number of amides is 1. The SMILES string of the molecule is CNC(C)C(=O)NCCOc1ccccc1. The van der Waals surface area contributed by atoms with E-state index in [1.165, 1.54) is 0 Å². The van der Waals surface area contributed by atoms with Gasteiger partial charge in [0.2, 0.25) is 5.91 Å². The Labute approximate surface area is 96.0 Å². The van der Waals surface area contributed by atoms with Gasteiger partial charge in [0.15, 0.2) is 0 Å².